The number of aliphatic hydroxyl groups is 1. The molecule has 0 bridgehead atoms. The van der Waals surface area contributed by atoms with E-state index in [4.69, 9.17) is 0 Å². The highest BCUT2D eigenvalue weighted by atomic mass is 79.9. The summed E-state index contributed by atoms with van der Waals surface area (Å²) in [5.41, 5.74) is -1.50. The van der Waals surface area contributed by atoms with Crippen LogP contribution >= 0.6 is 15.9 Å². The molecule has 0 spiro atoms. The van der Waals surface area contributed by atoms with Crippen LogP contribution in [0.2, 0.25) is 0 Å². The van der Waals surface area contributed by atoms with E-state index in [0.29, 0.717) is 0 Å². The first kappa shape index (κ1) is 16.5. The van der Waals surface area contributed by atoms with Gasteiger partial charge in [-0.2, -0.15) is 0 Å². The third kappa shape index (κ3) is 5.16. The van der Waals surface area contributed by atoms with Crippen molar-refractivity contribution in [2.45, 2.75) is 45.3 Å². The Balaban J connectivity index is 2.86. The highest BCUT2D eigenvalue weighted by Gasteiger charge is 2.27. The first-order valence-electron chi connectivity index (χ1n) is 6.12. The summed E-state index contributed by atoms with van der Waals surface area (Å²) in [7, 11) is 0. The molecule has 0 saturated carbocycles. The van der Waals surface area contributed by atoms with Crippen LogP contribution in [-0.2, 0) is 6.42 Å². The summed E-state index contributed by atoms with van der Waals surface area (Å²) in [6, 6.07) is 2.51. The molecule has 19 heavy (non-hydrogen) atoms. The maximum Gasteiger partial charge on any atom is 0.143 e. The van der Waals surface area contributed by atoms with Gasteiger partial charge in [0.25, 0.3) is 0 Å². The van der Waals surface area contributed by atoms with Gasteiger partial charge in [-0.25, -0.2) is 8.78 Å². The van der Waals surface area contributed by atoms with Gasteiger partial charge in [0, 0.05) is 24.1 Å². The number of hydrogen-bond acceptors (Lipinski definition) is 2. The van der Waals surface area contributed by atoms with E-state index in [2.05, 4.69) is 21.2 Å². The highest BCUT2D eigenvalue weighted by molar-refractivity contribution is 9.10. The fraction of sp³-hybridized carbons (Fsp3) is 0.571. The predicted octanol–water partition coefficient (Wildman–Crippen LogP) is 3.41. The van der Waals surface area contributed by atoms with Gasteiger partial charge in [0.05, 0.1) is 10.1 Å². The van der Waals surface area contributed by atoms with Crippen LogP contribution in [0.5, 0.6) is 0 Å². The molecule has 0 aliphatic carbocycles. The molecular weight excluding hydrogens is 316 g/mol. The van der Waals surface area contributed by atoms with Crippen molar-refractivity contribution in [2.75, 3.05) is 6.54 Å². The summed E-state index contributed by atoms with van der Waals surface area (Å²) in [4.78, 5) is 0. The third-order valence-corrected chi connectivity index (χ3v) is 3.31. The van der Waals surface area contributed by atoms with Crippen molar-refractivity contribution in [3.8, 4) is 0 Å². The van der Waals surface area contributed by atoms with E-state index in [1.807, 2.05) is 20.8 Å². The van der Waals surface area contributed by atoms with Gasteiger partial charge in [-0.1, -0.05) is 0 Å². The molecule has 0 aliphatic heterocycles. The molecule has 108 valence electrons. The number of hydrogen-bond donors (Lipinski definition) is 2. The van der Waals surface area contributed by atoms with Crippen LogP contribution in [0.15, 0.2) is 16.6 Å². The van der Waals surface area contributed by atoms with Gasteiger partial charge in [-0.05, 0) is 55.8 Å². The molecule has 0 aromatic heterocycles. The molecule has 1 aromatic carbocycles. The van der Waals surface area contributed by atoms with Gasteiger partial charge < -0.3 is 10.4 Å². The van der Waals surface area contributed by atoms with E-state index in [-0.39, 0.29) is 28.5 Å². The molecule has 0 saturated heterocycles. The van der Waals surface area contributed by atoms with Crippen LogP contribution in [0, 0.1) is 11.6 Å². The molecule has 0 amide bonds. The zero-order chi connectivity index (χ0) is 14.8. The van der Waals surface area contributed by atoms with E-state index in [1.54, 1.807) is 6.92 Å². The van der Waals surface area contributed by atoms with Crippen molar-refractivity contribution in [1.82, 2.24) is 5.32 Å². The highest BCUT2D eigenvalue weighted by Crippen LogP contribution is 2.25. The Kier molecular flexibility index (Phi) is 5.09. The Hall–Kier alpha value is -0.520. The minimum atomic E-state index is -1.23. The summed E-state index contributed by atoms with van der Waals surface area (Å²) in [5, 5.41) is 13.4. The average Bonchev–Trinajstić information content (AvgIpc) is 2.27. The monoisotopic (exact) mass is 335 g/mol. The summed E-state index contributed by atoms with van der Waals surface area (Å²) in [5.74, 6) is -1.30. The molecule has 1 rings (SSSR count). The van der Waals surface area contributed by atoms with Crippen LogP contribution in [0.25, 0.3) is 0 Å². The van der Waals surface area contributed by atoms with Crippen molar-refractivity contribution in [3.63, 3.8) is 0 Å². The number of benzene rings is 1. The molecule has 1 unspecified atom stereocenters. The van der Waals surface area contributed by atoms with Crippen molar-refractivity contribution in [3.05, 3.63) is 33.8 Å². The minimum absolute atomic E-state index is 0.0901. The first-order chi connectivity index (χ1) is 8.52. The van der Waals surface area contributed by atoms with Crippen LogP contribution in [0.3, 0.4) is 0 Å². The van der Waals surface area contributed by atoms with Crippen LogP contribution in [0.1, 0.15) is 33.3 Å². The summed E-state index contributed by atoms with van der Waals surface area (Å²) in [6.45, 7) is 7.70. The Morgan fingerprint density at radius 2 is 1.79 bits per heavy atom. The van der Waals surface area contributed by atoms with Crippen LogP contribution in [-0.4, -0.2) is 22.8 Å². The second-order valence-corrected chi connectivity index (χ2v) is 6.95. The van der Waals surface area contributed by atoms with Gasteiger partial charge >= 0.3 is 0 Å². The zero-order valence-corrected chi connectivity index (χ0v) is 13.2. The van der Waals surface area contributed by atoms with E-state index >= 15 is 0 Å². The fourth-order valence-electron chi connectivity index (χ4n) is 1.63. The molecule has 0 radical (unpaired) electrons. The lowest BCUT2D eigenvalue weighted by Crippen LogP contribution is -2.47. The average molecular weight is 336 g/mol. The van der Waals surface area contributed by atoms with Gasteiger partial charge in [0.15, 0.2) is 0 Å². The summed E-state index contributed by atoms with van der Waals surface area (Å²) < 4.78 is 27.7. The van der Waals surface area contributed by atoms with Crippen molar-refractivity contribution >= 4 is 15.9 Å². The smallest absolute Gasteiger partial charge is 0.143 e. The van der Waals surface area contributed by atoms with Crippen LogP contribution in [0.4, 0.5) is 8.78 Å². The van der Waals surface area contributed by atoms with E-state index < -0.39 is 17.2 Å². The van der Waals surface area contributed by atoms with Crippen molar-refractivity contribution in [2.24, 2.45) is 0 Å². The van der Waals surface area contributed by atoms with E-state index in [9.17, 15) is 13.9 Å². The van der Waals surface area contributed by atoms with E-state index in [1.165, 1.54) is 12.1 Å². The molecule has 0 aliphatic rings. The number of β-amino-alcohol motifs (C(OH)–C–C–N with tert-alkyl or cyclic N) is 1. The van der Waals surface area contributed by atoms with E-state index in [0.717, 1.165) is 0 Å². The van der Waals surface area contributed by atoms with Gasteiger partial charge in [0.1, 0.15) is 11.6 Å². The Morgan fingerprint density at radius 3 is 2.32 bits per heavy atom. The largest absolute Gasteiger partial charge is 0.389 e. The lowest BCUT2D eigenvalue weighted by atomic mass is 9.94. The Morgan fingerprint density at radius 1 is 1.21 bits per heavy atom. The minimum Gasteiger partial charge on any atom is -0.389 e. The second kappa shape index (κ2) is 5.85. The summed E-state index contributed by atoms with van der Waals surface area (Å²) >= 11 is 3.02. The lowest BCUT2D eigenvalue weighted by molar-refractivity contribution is 0.0517. The molecule has 5 heteroatoms. The van der Waals surface area contributed by atoms with Gasteiger partial charge in [0.2, 0.25) is 0 Å². The predicted molar refractivity (Wildman–Crippen MR) is 76.1 cm³/mol. The van der Waals surface area contributed by atoms with Crippen LogP contribution < -0.4 is 5.32 Å². The molecule has 1 aromatic rings. The second-order valence-electron chi connectivity index (χ2n) is 6.10. The lowest BCUT2D eigenvalue weighted by Gasteiger charge is -2.29. The maximum atomic E-state index is 13.8. The van der Waals surface area contributed by atoms with Crippen molar-refractivity contribution < 1.29 is 13.9 Å². The van der Waals surface area contributed by atoms with Gasteiger partial charge in [-0.15, -0.1) is 0 Å². The molecule has 0 heterocycles. The topological polar surface area (TPSA) is 32.3 Å². The molecule has 2 N–H and O–H groups in total. The summed E-state index contributed by atoms with van der Waals surface area (Å²) in [6.07, 6.45) is -0.0901. The molecule has 2 nitrogen and oxygen atoms in total. The molecule has 1 atom stereocenters. The number of halogens is 3. The number of rotatable bonds is 4. The van der Waals surface area contributed by atoms with Gasteiger partial charge in [-0.3, -0.25) is 0 Å². The SMILES string of the molecule is CC(O)(CNC(C)(C)C)Cc1c(F)ccc(Br)c1F. The molecular formula is C14H20BrF2NO. The first-order valence-corrected chi connectivity index (χ1v) is 6.91. The Bertz CT molecular complexity index is 455. The Labute approximate surface area is 121 Å². The third-order valence-electron chi connectivity index (χ3n) is 2.70. The normalized spacial score (nSPS) is 15.4. The molecule has 0 fully saturated rings. The fourth-order valence-corrected chi connectivity index (χ4v) is 2.00. The standard InChI is InChI=1S/C14H20BrF2NO/c1-13(2,3)18-8-14(4,19)7-9-11(16)6-5-10(15)12(9)17/h5-6,18-19H,7-8H2,1-4H3. The number of nitrogens with one attached hydrogen (secondary N) is 1. The van der Waals surface area contributed by atoms with Crippen molar-refractivity contribution in [1.29, 1.82) is 0 Å². The zero-order valence-electron chi connectivity index (χ0n) is 11.7. The quantitative estimate of drug-likeness (QED) is 0.826. The maximum absolute atomic E-state index is 13.8.